The van der Waals surface area contributed by atoms with Crippen molar-refractivity contribution >= 4 is 21.6 Å². The Hall–Kier alpha value is -0.580. The summed E-state index contributed by atoms with van der Waals surface area (Å²) in [6.07, 6.45) is 2.58. The van der Waals surface area contributed by atoms with Crippen LogP contribution in [0.5, 0.6) is 0 Å². The number of hydrogen-bond acceptors (Lipinski definition) is 3. The quantitative estimate of drug-likeness (QED) is 0.888. The van der Waals surface area contributed by atoms with Crippen molar-refractivity contribution in [3.8, 4) is 0 Å². The molecule has 0 amide bonds. The summed E-state index contributed by atoms with van der Waals surface area (Å²) in [6, 6.07) is 8.02. The molecule has 2 rings (SSSR count). The molecule has 0 bridgehead atoms. The number of hydrogen-bond donors (Lipinski definition) is 2. The zero-order chi connectivity index (χ0) is 13.9. The summed E-state index contributed by atoms with van der Waals surface area (Å²) in [5, 5.41) is 13.4. The van der Waals surface area contributed by atoms with Gasteiger partial charge in [-0.2, -0.15) is 0 Å². The van der Waals surface area contributed by atoms with Crippen molar-refractivity contribution in [3.05, 3.63) is 28.7 Å². The lowest BCUT2D eigenvalue weighted by Crippen LogP contribution is -2.54. The largest absolute Gasteiger partial charge is 0.394 e. The second-order valence-electron chi connectivity index (χ2n) is 5.62. The second kappa shape index (κ2) is 5.81. The summed E-state index contributed by atoms with van der Waals surface area (Å²) in [5.41, 5.74) is 0.569. The van der Waals surface area contributed by atoms with Crippen molar-refractivity contribution in [1.29, 1.82) is 0 Å². The van der Waals surface area contributed by atoms with E-state index < -0.39 is 0 Å². The molecule has 4 heteroatoms. The highest BCUT2D eigenvalue weighted by Gasteiger charge is 2.42. The van der Waals surface area contributed by atoms with E-state index in [0.717, 1.165) is 29.4 Å². The van der Waals surface area contributed by atoms with Crippen molar-refractivity contribution in [2.24, 2.45) is 0 Å². The number of benzene rings is 1. The Bertz CT molecular complexity index is 440. The first-order chi connectivity index (χ1) is 9.02. The highest BCUT2D eigenvalue weighted by molar-refractivity contribution is 9.10. The molecular formula is C15H22BrNO2. The Balaban J connectivity index is 2.21. The maximum Gasteiger partial charge on any atom is 0.0675 e. The molecular weight excluding hydrogens is 306 g/mol. The molecule has 1 saturated heterocycles. The molecule has 19 heavy (non-hydrogen) atoms. The second-order valence-corrected chi connectivity index (χ2v) is 6.48. The number of nitrogens with one attached hydrogen (secondary N) is 1. The maximum absolute atomic E-state index is 9.89. The van der Waals surface area contributed by atoms with Crippen LogP contribution in [0.1, 0.15) is 33.1 Å². The van der Waals surface area contributed by atoms with E-state index >= 15 is 0 Å². The van der Waals surface area contributed by atoms with Crippen molar-refractivity contribution in [2.75, 3.05) is 18.5 Å². The molecule has 0 radical (unpaired) electrons. The lowest BCUT2D eigenvalue weighted by Gasteiger charge is -2.46. The van der Waals surface area contributed by atoms with E-state index in [0.29, 0.717) is 6.61 Å². The fraction of sp³-hybridized carbons (Fsp3) is 0.600. The van der Waals surface area contributed by atoms with Gasteiger partial charge in [0.15, 0.2) is 0 Å². The third kappa shape index (κ3) is 3.30. The Morgan fingerprint density at radius 1 is 1.42 bits per heavy atom. The van der Waals surface area contributed by atoms with Crippen molar-refractivity contribution in [3.63, 3.8) is 0 Å². The van der Waals surface area contributed by atoms with E-state index in [-0.39, 0.29) is 17.7 Å². The SMILES string of the molecule is CCC1(C)CC(CO)(Nc2ccccc2Br)CCO1. The number of ether oxygens (including phenoxy) is 1. The Morgan fingerprint density at radius 2 is 2.16 bits per heavy atom. The van der Waals surface area contributed by atoms with Gasteiger partial charge in [-0.1, -0.05) is 19.1 Å². The topological polar surface area (TPSA) is 41.5 Å². The van der Waals surface area contributed by atoms with Crippen molar-refractivity contribution in [2.45, 2.75) is 44.2 Å². The summed E-state index contributed by atoms with van der Waals surface area (Å²) in [4.78, 5) is 0. The fourth-order valence-electron chi connectivity index (χ4n) is 2.70. The van der Waals surface area contributed by atoms with E-state index in [1.165, 1.54) is 0 Å². The minimum Gasteiger partial charge on any atom is -0.394 e. The van der Waals surface area contributed by atoms with Gasteiger partial charge in [-0.15, -0.1) is 0 Å². The molecule has 1 aromatic rings. The molecule has 1 heterocycles. The van der Waals surface area contributed by atoms with E-state index in [1.807, 2.05) is 24.3 Å². The molecule has 1 aliphatic rings. The fourth-order valence-corrected chi connectivity index (χ4v) is 3.09. The maximum atomic E-state index is 9.89. The lowest BCUT2D eigenvalue weighted by atomic mass is 9.79. The van der Waals surface area contributed by atoms with E-state index in [4.69, 9.17) is 4.74 Å². The van der Waals surface area contributed by atoms with E-state index in [9.17, 15) is 5.11 Å². The monoisotopic (exact) mass is 327 g/mol. The summed E-state index contributed by atoms with van der Waals surface area (Å²) in [6.45, 7) is 5.06. The van der Waals surface area contributed by atoms with E-state index in [2.05, 4.69) is 35.1 Å². The Labute approximate surface area is 123 Å². The summed E-state index contributed by atoms with van der Waals surface area (Å²) in [5.74, 6) is 0. The zero-order valence-corrected chi connectivity index (χ0v) is 13.2. The summed E-state index contributed by atoms with van der Waals surface area (Å²) in [7, 11) is 0. The van der Waals surface area contributed by atoms with Crippen LogP contribution in [0.25, 0.3) is 0 Å². The van der Waals surface area contributed by atoms with Gasteiger partial charge in [0, 0.05) is 23.2 Å². The number of para-hydroxylation sites is 1. The first-order valence-electron chi connectivity index (χ1n) is 6.80. The van der Waals surface area contributed by atoms with Gasteiger partial charge < -0.3 is 15.2 Å². The Morgan fingerprint density at radius 3 is 2.79 bits per heavy atom. The van der Waals surface area contributed by atoms with Crippen molar-refractivity contribution < 1.29 is 9.84 Å². The number of rotatable bonds is 4. The molecule has 2 atom stereocenters. The van der Waals surface area contributed by atoms with Crippen LogP contribution < -0.4 is 5.32 Å². The summed E-state index contributed by atoms with van der Waals surface area (Å²) >= 11 is 3.55. The highest BCUT2D eigenvalue weighted by atomic mass is 79.9. The van der Waals surface area contributed by atoms with Gasteiger partial charge >= 0.3 is 0 Å². The van der Waals surface area contributed by atoms with Crippen LogP contribution in [0, 0.1) is 0 Å². The first kappa shape index (κ1) is 14.8. The van der Waals surface area contributed by atoms with Gasteiger partial charge in [0.25, 0.3) is 0 Å². The Kier molecular flexibility index (Phi) is 4.54. The molecule has 1 aliphatic heterocycles. The van der Waals surface area contributed by atoms with Gasteiger partial charge in [-0.05, 0) is 47.8 Å². The average Bonchev–Trinajstić information content (AvgIpc) is 2.42. The van der Waals surface area contributed by atoms with Gasteiger partial charge in [0.05, 0.1) is 17.7 Å². The summed E-state index contributed by atoms with van der Waals surface area (Å²) < 4.78 is 6.90. The van der Waals surface area contributed by atoms with Gasteiger partial charge in [0.2, 0.25) is 0 Å². The molecule has 0 aliphatic carbocycles. The molecule has 0 spiro atoms. The molecule has 0 saturated carbocycles. The standard InChI is InChI=1S/C15H22BrNO2/c1-3-14(2)10-15(11-18,8-9-19-14)17-13-7-5-4-6-12(13)16/h4-7,17-18H,3,8-11H2,1-2H3. The molecule has 2 N–H and O–H groups in total. The number of anilines is 1. The van der Waals surface area contributed by atoms with Crippen LogP contribution in [0.15, 0.2) is 28.7 Å². The van der Waals surface area contributed by atoms with Crippen LogP contribution in [-0.4, -0.2) is 29.5 Å². The minimum absolute atomic E-state index is 0.118. The molecule has 2 unspecified atom stereocenters. The number of aliphatic hydroxyl groups excluding tert-OH is 1. The van der Waals surface area contributed by atoms with Crippen LogP contribution in [0.4, 0.5) is 5.69 Å². The molecule has 1 aromatic carbocycles. The predicted molar refractivity (Wildman–Crippen MR) is 81.5 cm³/mol. The van der Waals surface area contributed by atoms with E-state index in [1.54, 1.807) is 0 Å². The zero-order valence-electron chi connectivity index (χ0n) is 11.6. The minimum atomic E-state index is -0.299. The number of aliphatic hydroxyl groups is 1. The molecule has 106 valence electrons. The van der Waals surface area contributed by atoms with Gasteiger partial charge in [-0.3, -0.25) is 0 Å². The lowest BCUT2D eigenvalue weighted by molar-refractivity contribution is -0.0973. The normalized spacial score (nSPS) is 31.2. The third-order valence-electron chi connectivity index (χ3n) is 4.07. The average molecular weight is 328 g/mol. The number of halogens is 1. The molecule has 1 fully saturated rings. The van der Waals surface area contributed by atoms with Crippen molar-refractivity contribution in [1.82, 2.24) is 0 Å². The van der Waals surface area contributed by atoms with Gasteiger partial charge in [0.1, 0.15) is 0 Å². The molecule has 0 aromatic heterocycles. The third-order valence-corrected chi connectivity index (χ3v) is 4.76. The van der Waals surface area contributed by atoms with Crippen LogP contribution in [0.3, 0.4) is 0 Å². The smallest absolute Gasteiger partial charge is 0.0675 e. The first-order valence-corrected chi connectivity index (χ1v) is 7.59. The van der Waals surface area contributed by atoms with Crippen LogP contribution in [0.2, 0.25) is 0 Å². The highest BCUT2D eigenvalue weighted by Crippen LogP contribution is 2.37. The van der Waals surface area contributed by atoms with Crippen LogP contribution in [-0.2, 0) is 4.74 Å². The van der Waals surface area contributed by atoms with Crippen LogP contribution >= 0.6 is 15.9 Å². The van der Waals surface area contributed by atoms with Gasteiger partial charge in [-0.25, -0.2) is 0 Å². The predicted octanol–water partition coefficient (Wildman–Crippen LogP) is 3.57. The molecule has 3 nitrogen and oxygen atoms in total.